The third-order valence-corrected chi connectivity index (χ3v) is 3.07. The van der Waals surface area contributed by atoms with Gasteiger partial charge in [-0.25, -0.2) is 0 Å². The van der Waals surface area contributed by atoms with Gasteiger partial charge in [0.15, 0.2) is 0 Å². The molecule has 0 unspecified atom stereocenters. The number of halogens is 1. The lowest BCUT2D eigenvalue weighted by Gasteiger charge is -1.79. The van der Waals surface area contributed by atoms with Gasteiger partial charge in [0.2, 0.25) is 0 Å². The van der Waals surface area contributed by atoms with Crippen LogP contribution < -0.4 is 0 Å². The van der Waals surface area contributed by atoms with Gasteiger partial charge in [0.1, 0.15) is 0 Å². The van der Waals surface area contributed by atoms with Crippen LogP contribution in [0.3, 0.4) is 0 Å². The SMILES string of the molecule is CCC=CC=CC=CC=CC=CC=CC=CC=CC=CCC=CC=CCC.Cl. The molecule has 28 heavy (non-hydrogen) atoms. The molecule has 0 aromatic carbocycles. The lowest BCUT2D eigenvalue weighted by Crippen LogP contribution is -1.58. The van der Waals surface area contributed by atoms with E-state index in [4.69, 9.17) is 0 Å². The molecule has 0 aliphatic carbocycles. The Labute approximate surface area is 179 Å². The zero-order valence-corrected chi connectivity index (χ0v) is 18.0. The van der Waals surface area contributed by atoms with E-state index in [1.54, 1.807) is 0 Å². The van der Waals surface area contributed by atoms with Crippen molar-refractivity contribution in [1.29, 1.82) is 0 Å². The molecule has 0 aliphatic rings. The fourth-order valence-corrected chi connectivity index (χ4v) is 1.72. The molecular weight excluding hydrogens is 360 g/mol. The van der Waals surface area contributed by atoms with Gasteiger partial charge in [0, 0.05) is 0 Å². The van der Waals surface area contributed by atoms with E-state index in [9.17, 15) is 0 Å². The van der Waals surface area contributed by atoms with E-state index >= 15 is 0 Å². The van der Waals surface area contributed by atoms with Crippen LogP contribution >= 0.6 is 12.4 Å². The van der Waals surface area contributed by atoms with Gasteiger partial charge in [-0.15, -0.1) is 12.4 Å². The first-order chi connectivity index (χ1) is 13.4. The van der Waals surface area contributed by atoms with Crippen molar-refractivity contribution in [3.05, 3.63) is 134 Å². The molecule has 0 N–H and O–H groups in total. The van der Waals surface area contributed by atoms with E-state index in [1.165, 1.54) is 0 Å². The topological polar surface area (TPSA) is 0 Å². The Morgan fingerprint density at radius 1 is 0.321 bits per heavy atom. The summed E-state index contributed by atoms with van der Waals surface area (Å²) in [5.74, 6) is 0. The zero-order chi connectivity index (χ0) is 19.7. The molecule has 1 heteroatoms. The third-order valence-electron chi connectivity index (χ3n) is 3.07. The first-order valence-corrected chi connectivity index (χ1v) is 9.71. The van der Waals surface area contributed by atoms with Crippen molar-refractivity contribution >= 4 is 12.4 Å². The lowest BCUT2D eigenvalue weighted by molar-refractivity contribution is 1.22. The molecule has 0 aromatic heterocycles. The van der Waals surface area contributed by atoms with Crippen LogP contribution in [0, 0.1) is 0 Å². The van der Waals surface area contributed by atoms with Crippen molar-refractivity contribution in [3.8, 4) is 0 Å². The minimum absolute atomic E-state index is 0. The summed E-state index contributed by atoms with van der Waals surface area (Å²) < 4.78 is 0. The summed E-state index contributed by atoms with van der Waals surface area (Å²) in [6, 6.07) is 0. The van der Waals surface area contributed by atoms with Gasteiger partial charge in [-0.1, -0.05) is 148 Å². The number of hydrogen-bond donors (Lipinski definition) is 0. The Morgan fingerprint density at radius 2 is 0.536 bits per heavy atom. The maximum absolute atomic E-state index is 2.15. The van der Waals surface area contributed by atoms with Gasteiger partial charge in [0.25, 0.3) is 0 Å². The average Bonchev–Trinajstić information content (AvgIpc) is 2.68. The normalized spacial score (nSPS) is 14.1. The summed E-state index contributed by atoms with van der Waals surface area (Å²) in [4.78, 5) is 0. The molecular formula is C27H35Cl. The average molecular weight is 395 g/mol. The zero-order valence-electron chi connectivity index (χ0n) is 17.2. The molecule has 0 saturated heterocycles. The van der Waals surface area contributed by atoms with Gasteiger partial charge >= 0.3 is 0 Å². The van der Waals surface area contributed by atoms with Crippen LogP contribution in [0.4, 0.5) is 0 Å². The van der Waals surface area contributed by atoms with Gasteiger partial charge in [0.05, 0.1) is 0 Å². The lowest BCUT2D eigenvalue weighted by atomic mass is 10.3. The standard InChI is InChI=1S/C27H34.ClH/c1-3-5-7-9-11-13-15-17-19-21-23-25-27-26-24-22-20-18-16-14-12-10-8-6-4-2;/h5-13,15-27H,3-4,14H2,1-2H3;1H. The second-order valence-corrected chi connectivity index (χ2v) is 5.46. The highest BCUT2D eigenvalue weighted by Crippen LogP contribution is 1.90. The third kappa shape index (κ3) is 25.7. The highest BCUT2D eigenvalue weighted by Gasteiger charge is 1.69. The molecule has 0 heterocycles. The Bertz CT molecular complexity index is 642. The number of rotatable bonds is 13. The maximum Gasteiger partial charge on any atom is -0.0163 e. The second-order valence-electron chi connectivity index (χ2n) is 5.46. The summed E-state index contributed by atoms with van der Waals surface area (Å²) in [6.45, 7) is 4.26. The maximum atomic E-state index is 2.15. The summed E-state index contributed by atoms with van der Waals surface area (Å²) in [5, 5.41) is 0. The molecule has 0 saturated carbocycles. The molecule has 0 fully saturated rings. The van der Waals surface area contributed by atoms with Crippen molar-refractivity contribution in [2.75, 3.05) is 0 Å². The van der Waals surface area contributed by atoms with E-state index in [-0.39, 0.29) is 12.4 Å². The molecule has 0 radical (unpaired) electrons. The Balaban J connectivity index is 0. The largest absolute Gasteiger partial charge is 0.147 e. The van der Waals surface area contributed by atoms with Gasteiger partial charge in [-0.2, -0.15) is 0 Å². The molecule has 0 bridgehead atoms. The van der Waals surface area contributed by atoms with E-state index in [2.05, 4.69) is 62.5 Å². The summed E-state index contributed by atoms with van der Waals surface area (Å²) in [5.41, 5.74) is 0. The van der Waals surface area contributed by atoms with Crippen molar-refractivity contribution in [1.82, 2.24) is 0 Å². The highest BCUT2D eigenvalue weighted by atomic mass is 35.5. The van der Waals surface area contributed by atoms with Crippen LogP contribution in [0.5, 0.6) is 0 Å². The molecule has 0 amide bonds. The summed E-state index contributed by atoms with van der Waals surface area (Å²) >= 11 is 0. The molecule has 0 aliphatic heterocycles. The molecule has 150 valence electrons. The van der Waals surface area contributed by atoms with E-state index in [0.29, 0.717) is 0 Å². The van der Waals surface area contributed by atoms with E-state index < -0.39 is 0 Å². The molecule has 0 rings (SSSR count). The quantitative estimate of drug-likeness (QED) is 0.274. The second kappa shape index (κ2) is 26.7. The number of allylic oxidation sites excluding steroid dienone is 22. The van der Waals surface area contributed by atoms with Gasteiger partial charge in [-0.05, 0) is 19.3 Å². The fraction of sp³-hybridized carbons (Fsp3) is 0.185. The van der Waals surface area contributed by atoms with Crippen molar-refractivity contribution < 1.29 is 0 Å². The van der Waals surface area contributed by atoms with Crippen molar-refractivity contribution in [2.24, 2.45) is 0 Å². The highest BCUT2D eigenvalue weighted by molar-refractivity contribution is 5.85. The van der Waals surface area contributed by atoms with Gasteiger partial charge < -0.3 is 0 Å². The number of hydrogen-bond acceptors (Lipinski definition) is 0. The molecule has 0 aromatic rings. The fourth-order valence-electron chi connectivity index (χ4n) is 1.72. The molecule has 0 atom stereocenters. The van der Waals surface area contributed by atoms with Gasteiger partial charge in [-0.3, -0.25) is 0 Å². The monoisotopic (exact) mass is 394 g/mol. The Morgan fingerprint density at radius 3 is 0.857 bits per heavy atom. The van der Waals surface area contributed by atoms with Crippen molar-refractivity contribution in [2.45, 2.75) is 33.1 Å². The van der Waals surface area contributed by atoms with Crippen LogP contribution in [0.15, 0.2) is 134 Å². The van der Waals surface area contributed by atoms with Crippen molar-refractivity contribution in [3.63, 3.8) is 0 Å². The van der Waals surface area contributed by atoms with E-state index in [1.807, 2.05) is 85.1 Å². The first-order valence-electron chi connectivity index (χ1n) is 9.71. The minimum Gasteiger partial charge on any atom is -0.147 e. The predicted octanol–water partition coefficient (Wildman–Crippen LogP) is 8.74. The van der Waals surface area contributed by atoms with Crippen LogP contribution in [-0.4, -0.2) is 0 Å². The Hall–Kier alpha value is -2.57. The first kappa shape index (κ1) is 27.6. The van der Waals surface area contributed by atoms with Crippen LogP contribution in [0.2, 0.25) is 0 Å². The Kier molecular flexibility index (Phi) is 26.3. The minimum atomic E-state index is 0. The summed E-state index contributed by atoms with van der Waals surface area (Å²) in [7, 11) is 0. The van der Waals surface area contributed by atoms with Crippen LogP contribution in [0.1, 0.15) is 33.1 Å². The van der Waals surface area contributed by atoms with E-state index in [0.717, 1.165) is 19.3 Å². The smallest absolute Gasteiger partial charge is 0.0163 e. The molecule has 0 spiro atoms. The predicted molar refractivity (Wildman–Crippen MR) is 133 cm³/mol. The summed E-state index contributed by atoms with van der Waals surface area (Å²) in [6.07, 6.45) is 48.2. The van der Waals surface area contributed by atoms with Crippen LogP contribution in [0.25, 0.3) is 0 Å². The van der Waals surface area contributed by atoms with Crippen LogP contribution in [-0.2, 0) is 0 Å². The molecule has 0 nitrogen and oxygen atoms in total.